The minimum absolute atomic E-state index is 0.0604. The maximum absolute atomic E-state index is 13.9. The highest BCUT2D eigenvalue weighted by Crippen LogP contribution is 2.27. The molecule has 1 aromatic heterocycles. The van der Waals surface area contributed by atoms with Gasteiger partial charge in [-0.2, -0.15) is 0 Å². The molecule has 0 unspecified atom stereocenters. The normalized spacial score (nSPS) is 12.6. The first-order valence-electron chi connectivity index (χ1n) is 17.2. The average Bonchev–Trinajstić information content (AvgIpc) is 3.44. The second-order valence-corrected chi connectivity index (χ2v) is 14.3. The van der Waals surface area contributed by atoms with Gasteiger partial charge in [-0.15, -0.1) is 0 Å². The van der Waals surface area contributed by atoms with Crippen LogP contribution in [0.25, 0.3) is 22.2 Å². The molecular weight excluding hydrogens is 645 g/mol. The number of amides is 1. The maximum Gasteiger partial charge on any atom is 0.336 e. The molecule has 0 saturated heterocycles. The van der Waals surface area contributed by atoms with Crippen molar-refractivity contribution < 1.29 is 19.5 Å². The van der Waals surface area contributed by atoms with Gasteiger partial charge >= 0.3 is 5.97 Å². The number of nitrogens with one attached hydrogen (secondary N) is 1. The summed E-state index contributed by atoms with van der Waals surface area (Å²) in [6.45, 7) is 8.74. The van der Waals surface area contributed by atoms with Gasteiger partial charge in [-0.05, 0) is 78.1 Å². The lowest BCUT2D eigenvalue weighted by molar-refractivity contribution is -0.112. The number of nitrogens with zero attached hydrogens (tertiary/aromatic N) is 2. The van der Waals surface area contributed by atoms with Crippen LogP contribution in [0, 0.1) is 12.8 Å². The van der Waals surface area contributed by atoms with Crippen LogP contribution < -0.4 is 11.1 Å². The number of carboxylic acid groups (broad SMARTS) is 1. The van der Waals surface area contributed by atoms with E-state index < -0.39 is 12.0 Å². The number of fused-ring (bicyclic) bond motifs is 1. The Labute approximate surface area is 298 Å². The molecule has 5 aromatic rings. The van der Waals surface area contributed by atoms with Gasteiger partial charge in [-0.1, -0.05) is 105 Å². The number of aromatic carboxylic acids is 1. The molecule has 0 aliphatic heterocycles. The Kier molecular flexibility index (Phi) is 12.3. The number of imidazole rings is 1. The summed E-state index contributed by atoms with van der Waals surface area (Å²) in [7, 11) is 0. The fourth-order valence-electron chi connectivity index (χ4n) is 6.27. The second-order valence-electron chi connectivity index (χ2n) is 13.3. The highest BCUT2D eigenvalue weighted by atomic mass is 32.2. The van der Waals surface area contributed by atoms with E-state index in [0.29, 0.717) is 42.2 Å². The van der Waals surface area contributed by atoms with E-state index >= 15 is 0 Å². The van der Waals surface area contributed by atoms with Gasteiger partial charge in [0.05, 0.1) is 22.6 Å². The van der Waals surface area contributed by atoms with E-state index in [-0.39, 0.29) is 22.6 Å². The highest BCUT2D eigenvalue weighted by molar-refractivity contribution is 8.13. The molecule has 50 heavy (non-hydrogen) atoms. The van der Waals surface area contributed by atoms with Gasteiger partial charge in [0.25, 0.3) is 5.91 Å². The molecule has 0 fully saturated rings. The lowest BCUT2D eigenvalue weighted by Gasteiger charge is -2.20. The molecule has 4 N–H and O–H groups in total. The van der Waals surface area contributed by atoms with Crippen molar-refractivity contribution in [3.05, 3.63) is 125 Å². The van der Waals surface area contributed by atoms with Crippen molar-refractivity contribution in [3.63, 3.8) is 0 Å². The van der Waals surface area contributed by atoms with E-state index in [1.54, 1.807) is 12.1 Å². The zero-order valence-corrected chi connectivity index (χ0v) is 30.0. The number of carbonyl (C=O) groups is 3. The molecule has 5 rings (SSSR count). The largest absolute Gasteiger partial charge is 0.478 e. The fraction of sp³-hybridized carbons (Fsp3) is 0.317. The summed E-state index contributed by atoms with van der Waals surface area (Å²) in [6.07, 6.45) is 2.90. The Morgan fingerprint density at radius 1 is 0.940 bits per heavy atom. The number of carbonyl (C=O) groups excluding carboxylic acids is 2. The van der Waals surface area contributed by atoms with E-state index in [1.807, 2.05) is 99.6 Å². The molecule has 1 heterocycles. The zero-order chi connectivity index (χ0) is 35.8. The maximum atomic E-state index is 13.9. The standard InChI is InChI=1S/C41H46N4O4S/c1-5-11-37-44-38-27(4)21-31(39(46)43-32(22-28-12-7-6-8-13-28)25-50-41(49)35(42)20-26(2)3)23-36(38)45(37)24-29-16-18-30(19-17-29)33-14-9-10-15-34(33)40(47)48/h6-10,12-19,21,23,26,32,35H,5,11,20,22,24-25,42H2,1-4H3,(H,43,46)(H,47,48)/t32-,35+/m1/s1. The topological polar surface area (TPSA) is 127 Å². The Balaban J connectivity index is 1.41. The number of carboxylic acids is 1. The van der Waals surface area contributed by atoms with E-state index in [0.717, 1.165) is 52.0 Å². The van der Waals surface area contributed by atoms with Gasteiger partial charge in [0.1, 0.15) is 5.82 Å². The monoisotopic (exact) mass is 690 g/mol. The van der Waals surface area contributed by atoms with Crippen LogP contribution in [-0.4, -0.2) is 49.5 Å². The van der Waals surface area contributed by atoms with Gasteiger partial charge < -0.3 is 20.7 Å². The Morgan fingerprint density at radius 2 is 1.64 bits per heavy atom. The number of benzene rings is 4. The summed E-state index contributed by atoms with van der Waals surface area (Å²) in [5, 5.41) is 12.8. The Hall–Kier alpha value is -4.73. The molecule has 0 aliphatic carbocycles. The smallest absolute Gasteiger partial charge is 0.336 e. The van der Waals surface area contributed by atoms with Crippen molar-refractivity contribution >= 4 is 39.8 Å². The number of hydrogen-bond donors (Lipinski definition) is 3. The van der Waals surface area contributed by atoms with E-state index in [2.05, 4.69) is 16.8 Å². The third kappa shape index (κ3) is 9.08. The first kappa shape index (κ1) is 36.5. The minimum Gasteiger partial charge on any atom is -0.478 e. The number of thioether (sulfide) groups is 1. The Morgan fingerprint density at radius 3 is 2.32 bits per heavy atom. The SMILES string of the molecule is CCCc1nc2c(C)cc(C(=O)N[C@@H](CSC(=O)[C@@H](N)CC(C)C)Cc3ccccc3)cc2n1Cc1ccc(-c2ccccc2C(=O)O)cc1. The molecule has 4 aromatic carbocycles. The van der Waals surface area contributed by atoms with Crippen molar-refractivity contribution in [3.8, 4) is 11.1 Å². The minimum atomic E-state index is -0.960. The average molecular weight is 691 g/mol. The van der Waals surface area contributed by atoms with E-state index in [9.17, 15) is 19.5 Å². The molecule has 0 bridgehead atoms. The highest BCUT2D eigenvalue weighted by Gasteiger charge is 2.22. The number of hydrogen-bond acceptors (Lipinski definition) is 6. The van der Waals surface area contributed by atoms with Crippen LogP contribution in [0.15, 0.2) is 91.0 Å². The van der Waals surface area contributed by atoms with E-state index in [1.165, 1.54) is 11.8 Å². The molecule has 8 nitrogen and oxygen atoms in total. The molecule has 260 valence electrons. The Bertz CT molecular complexity index is 1950. The number of nitrogens with two attached hydrogens (primary N) is 1. The molecular formula is C41H46N4O4S. The lowest BCUT2D eigenvalue weighted by atomic mass is 9.98. The molecule has 0 spiro atoms. The van der Waals surface area contributed by atoms with Gasteiger partial charge in [0.2, 0.25) is 5.12 Å². The summed E-state index contributed by atoms with van der Waals surface area (Å²) >= 11 is 1.19. The van der Waals surface area contributed by atoms with Crippen molar-refractivity contribution in [2.75, 3.05) is 5.75 Å². The van der Waals surface area contributed by atoms with Crippen LogP contribution in [0.5, 0.6) is 0 Å². The second kappa shape index (κ2) is 16.8. The summed E-state index contributed by atoms with van der Waals surface area (Å²) in [5.41, 5.74) is 13.2. The zero-order valence-electron chi connectivity index (χ0n) is 29.2. The number of aromatic nitrogens is 2. The van der Waals surface area contributed by atoms with Gasteiger partial charge in [-0.3, -0.25) is 9.59 Å². The third-order valence-electron chi connectivity index (χ3n) is 8.74. The summed E-state index contributed by atoms with van der Waals surface area (Å²) in [4.78, 5) is 43.6. The molecule has 0 saturated carbocycles. The van der Waals surface area contributed by atoms with Crippen molar-refractivity contribution in [2.45, 2.75) is 72.0 Å². The van der Waals surface area contributed by atoms with E-state index in [4.69, 9.17) is 10.7 Å². The third-order valence-corrected chi connectivity index (χ3v) is 9.89. The van der Waals surface area contributed by atoms with Crippen LogP contribution in [0.2, 0.25) is 0 Å². The molecule has 2 atom stereocenters. The molecule has 1 amide bonds. The van der Waals surface area contributed by atoms with Crippen LogP contribution in [0.1, 0.15) is 76.8 Å². The predicted molar refractivity (Wildman–Crippen MR) is 203 cm³/mol. The predicted octanol–water partition coefficient (Wildman–Crippen LogP) is 7.69. The summed E-state index contributed by atoms with van der Waals surface area (Å²) in [6, 6.07) is 27.9. The van der Waals surface area contributed by atoms with Crippen LogP contribution in [0.4, 0.5) is 0 Å². The number of rotatable bonds is 15. The van der Waals surface area contributed by atoms with Crippen LogP contribution in [0.3, 0.4) is 0 Å². The summed E-state index contributed by atoms with van der Waals surface area (Å²) < 4.78 is 2.18. The van der Waals surface area contributed by atoms with Gasteiger partial charge in [0.15, 0.2) is 0 Å². The van der Waals surface area contributed by atoms with Crippen LogP contribution in [-0.2, 0) is 24.2 Å². The van der Waals surface area contributed by atoms with Crippen molar-refractivity contribution in [1.29, 1.82) is 0 Å². The molecule has 0 radical (unpaired) electrons. The number of aryl methyl sites for hydroxylation is 2. The van der Waals surface area contributed by atoms with Crippen molar-refractivity contribution in [2.24, 2.45) is 11.7 Å². The first-order chi connectivity index (χ1) is 24.0. The summed E-state index contributed by atoms with van der Waals surface area (Å²) in [5.74, 6) is 0.510. The van der Waals surface area contributed by atoms with Crippen LogP contribution >= 0.6 is 11.8 Å². The first-order valence-corrected chi connectivity index (χ1v) is 18.2. The lowest BCUT2D eigenvalue weighted by Crippen LogP contribution is -2.39. The quantitative estimate of drug-likeness (QED) is 0.103. The molecule has 0 aliphatic rings. The van der Waals surface area contributed by atoms with Gasteiger partial charge in [0, 0.05) is 30.3 Å². The van der Waals surface area contributed by atoms with Gasteiger partial charge in [-0.25, -0.2) is 9.78 Å². The van der Waals surface area contributed by atoms with Crippen molar-refractivity contribution in [1.82, 2.24) is 14.9 Å². The molecule has 9 heteroatoms. The fourth-order valence-corrected chi connectivity index (χ4v) is 7.15.